The van der Waals surface area contributed by atoms with Gasteiger partial charge >= 0.3 is 0 Å². The molecule has 0 atom stereocenters. The second-order valence-corrected chi connectivity index (χ2v) is 12.9. The molecule has 10 aromatic rings. The molecule has 5 nitrogen and oxygen atoms in total. The van der Waals surface area contributed by atoms with Crippen LogP contribution in [0.4, 0.5) is 0 Å². The molecule has 0 amide bonds. The SMILES string of the molecule is N#Cc1ccc(-c2cc(-c3ccccc3)nc(-c3cc(-c4cccc5c4oc4ccccc45)cc(-c4cccc5c4oc4ccccc45)c3)n2)cc1. The van der Waals surface area contributed by atoms with E-state index in [4.69, 9.17) is 18.8 Å². The molecule has 0 unspecified atom stereocenters. The molecule has 52 heavy (non-hydrogen) atoms. The molecule has 0 spiro atoms. The summed E-state index contributed by atoms with van der Waals surface area (Å²) in [4.78, 5) is 10.4. The summed E-state index contributed by atoms with van der Waals surface area (Å²) in [7, 11) is 0. The van der Waals surface area contributed by atoms with Gasteiger partial charge in [0.25, 0.3) is 0 Å². The lowest BCUT2D eigenvalue weighted by atomic mass is 9.93. The van der Waals surface area contributed by atoms with E-state index in [-0.39, 0.29) is 0 Å². The molecule has 5 heteroatoms. The average molecular weight is 666 g/mol. The van der Waals surface area contributed by atoms with Gasteiger partial charge in [-0.25, -0.2) is 9.97 Å². The number of fused-ring (bicyclic) bond motifs is 6. The minimum atomic E-state index is 0.581. The van der Waals surface area contributed by atoms with Gasteiger partial charge in [-0.05, 0) is 59.7 Å². The molecule has 0 saturated heterocycles. The maximum Gasteiger partial charge on any atom is 0.160 e. The molecule has 0 N–H and O–H groups in total. The molecule has 7 aromatic carbocycles. The van der Waals surface area contributed by atoms with Crippen molar-refractivity contribution in [1.29, 1.82) is 5.26 Å². The summed E-state index contributed by atoms with van der Waals surface area (Å²) in [5.41, 5.74) is 12.1. The average Bonchev–Trinajstić information content (AvgIpc) is 3.80. The fraction of sp³-hybridized carbons (Fsp3) is 0. The van der Waals surface area contributed by atoms with E-state index < -0.39 is 0 Å². The van der Waals surface area contributed by atoms with Crippen LogP contribution in [-0.2, 0) is 0 Å². The van der Waals surface area contributed by atoms with E-state index in [0.29, 0.717) is 11.4 Å². The van der Waals surface area contributed by atoms with Crippen molar-refractivity contribution in [3.8, 4) is 62.2 Å². The predicted molar refractivity (Wildman–Crippen MR) is 208 cm³/mol. The van der Waals surface area contributed by atoms with Gasteiger partial charge in [0.2, 0.25) is 0 Å². The van der Waals surface area contributed by atoms with E-state index in [9.17, 15) is 5.26 Å². The monoisotopic (exact) mass is 665 g/mol. The highest BCUT2D eigenvalue weighted by molar-refractivity contribution is 6.11. The Hall–Kier alpha value is -7.29. The molecule has 0 aliphatic heterocycles. The normalized spacial score (nSPS) is 11.4. The van der Waals surface area contributed by atoms with E-state index in [0.717, 1.165) is 94.2 Å². The molecule has 0 bridgehead atoms. The molecule has 0 aliphatic carbocycles. The third kappa shape index (κ3) is 4.93. The Kier molecular flexibility index (Phi) is 6.80. The van der Waals surface area contributed by atoms with E-state index in [1.165, 1.54) is 0 Å². The molecule has 3 aromatic heterocycles. The molecule has 0 radical (unpaired) electrons. The quantitative estimate of drug-likeness (QED) is 0.183. The van der Waals surface area contributed by atoms with Gasteiger partial charge in [-0.1, -0.05) is 115 Å². The molecular formula is C47H27N3O2. The maximum absolute atomic E-state index is 9.45. The first kappa shape index (κ1) is 29.6. The van der Waals surface area contributed by atoms with Crippen LogP contribution in [0, 0.1) is 11.3 Å². The summed E-state index contributed by atoms with van der Waals surface area (Å²) in [6, 6.07) is 57.3. The second kappa shape index (κ2) is 11.9. The lowest BCUT2D eigenvalue weighted by molar-refractivity contribution is 0.670. The summed E-state index contributed by atoms with van der Waals surface area (Å²) in [6.07, 6.45) is 0. The lowest BCUT2D eigenvalue weighted by Crippen LogP contribution is -1.97. The van der Waals surface area contributed by atoms with Gasteiger partial charge < -0.3 is 8.83 Å². The first-order chi connectivity index (χ1) is 25.7. The van der Waals surface area contributed by atoms with Crippen molar-refractivity contribution < 1.29 is 8.83 Å². The Balaban J connectivity index is 1.25. The molecular weight excluding hydrogens is 639 g/mol. The van der Waals surface area contributed by atoms with Crippen LogP contribution in [0.2, 0.25) is 0 Å². The highest BCUT2D eigenvalue weighted by Crippen LogP contribution is 2.42. The third-order valence-electron chi connectivity index (χ3n) is 9.73. The smallest absolute Gasteiger partial charge is 0.160 e. The van der Waals surface area contributed by atoms with Gasteiger partial charge in [-0.2, -0.15) is 5.26 Å². The number of hydrogen-bond donors (Lipinski definition) is 0. The summed E-state index contributed by atoms with van der Waals surface area (Å²) in [6.45, 7) is 0. The summed E-state index contributed by atoms with van der Waals surface area (Å²) < 4.78 is 13.1. The summed E-state index contributed by atoms with van der Waals surface area (Å²) in [5, 5.41) is 13.7. The summed E-state index contributed by atoms with van der Waals surface area (Å²) in [5.74, 6) is 0.581. The van der Waals surface area contributed by atoms with E-state index in [1.54, 1.807) is 0 Å². The van der Waals surface area contributed by atoms with Gasteiger partial charge in [-0.3, -0.25) is 0 Å². The van der Waals surface area contributed by atoms with Crippen molar-refractivity contribution in [2.24, 2.45) is 0 Å². The number of furan rings is 2. The van der Waals surface area contributed by atoms with Crippen LogP contribution in [-0.4, -0.2) is 9.97 Å². The fourth-order valence-corrected chi connectivity index (χ4v) is 7.21. The zero-order valence-electron chi connectivity index (χ0n) is 27.7. The Morgan fingerprint density at radius 1 is 0.404 bits per heavy atom. The number of nitriles is 1. The standard InChI is InChI=1S/C47H27N3O2/c48-28-29-20-22-31(23-21-29)42-27-41(30-10-2-1-3-11-30)49-47(50-42)34-25-32(35-14-8-16-39-37-12-4-6-18-43(37)51-45(35)39)24-33(26-34)36-15-9-17-40-38-13-5-7-19-44(38)52-46(36)40/h1-27H. The highest BCUT2D eigenvalue weighted by Gasteiger charge is 2.19. The van der Waals surface area contributed by atoms with Crippen LogP contribution in [0.25, 0.3) is 100 Å². The fourth-order valence-electron chi connectivity index (χ4n) is 7.21. The van der Waals surface area contributed by atoms with Gasteiger partial charge in [-0.15, -0.1) is 0 Å². The zero-order valence-corrected chi connectivity index (χ0v) is 27.7. The van der Waals surface area contributed by atoms with E-state index in [1.807, 2.05) is 84.9 Å². The number of rotatable bonds is 5. The molecule has 10 rings (SSSR count). The maximum atomic E-state index is 9.45. The topological polar surface area (TPSA) is 75.8 Å². The largest absolute Gasteiger partial charge is 0.455 e. The molecule has 0 aliphatic rings. The zero-order chi connectivity index (χ0) is 34.6. The Labute approximate surface area is 298 Å². The Morgan fingerprint density at radius 2 is 0.885 bits per heavy atom. The molecule has 3 heterocycles. The van der Waals surface area contributed by atoms with Crippen molar-refractivity contribution in [3.05, 3.63) is 169 Å². The number of aromatic nitrogens is 2. The van der Waals surface area contributed by atoms with Crippen molar-refractivity contribution in [2.45, 2.75) is 0 Å². The first-order valence-electron chi connectivity index (χ1n) is 17.1. The number of hydrogen-bond acceptors (Lipinski definition) is 5. The Morgan fingerprint density at radius 3 is 1.44 bits per heavy atom. The van der Waals surface area contributed by atoms with Gasteiger partial charge in [0.15, 0.2) is 5.82 Å². The van der Waals surface area contributed by atoms with E-state index in [2.05, 4.69) is 84.9 Å². The van der Waals surface area contributed by atoms with Gasteiger partial charge in [0, 0.05) is 49.4 Å². The second-order valence-electron chi connectivity index (χ2n) is 12.9. The van der Waals surface area contributed by atoms with Crippen molar-refractivity contribution in [3.63, 3.8) is 0 Å². The number of para-hydroxylation sites is 4. The lowest BCUT2D eigenvalue weighted by Gasteiger charge is -2.13. The van der Waals surface area contributed by atoms with Crippen LogP contribution in [0.15, 0.2) is 173 Å². The Bertz CT molecular complexity index is 2890. The minimum absolute atomic E-state index is 0.581. The first-order valence-corrected chi connectivity index (χ1v) is 17.1. The van der Waals surface area contributed by atoms with Crippen LogP contribution < -0.4 is 0 Å². The number of nitrogens with zero attached hydrogens (tertiary/aromatic N) is 3. The van der Waals surface area contributed by atoms with Crippen molar-refractivity contribution in [1.82, 2.24) is 9.97 Å². The van der Waals surface area contributed by atoms with E-state index >= 15 is 0 Å². The third-order valence-corrected chi connectivity index (χ3v) is 9.73. The number of benzene rings is 7. The summed E-state index contributed by atoms with van der Waals surface area (Å²) >= 11 is 0. The van der Waals surface area contributed by atoms with Crippen molar-refractivity contribution >= 4 is 43.9 Å². The minimum Gasteiger partial charge on any atom is -0.455 e. The van der Waals surface area contributed by atoms with Gasteiger partial charge in [0.1, 0.15) is 22.3 Å². The van der Waals surface area contributed by atoms with Crippen LogP contribution in [0.1, 0.15) is 5.56 Å². The van der Waals surface area contributed by atoms with Crippen molar-refractivity contribution in [2.75, 3.05) is 0 Å². The van der Waals surface area contributed by atoms with Crippen LogP contribution in [0.5, 0.6) is 0 Å². The molecule has 0 fully saturated rings. The molecule has 0 saturated carbocycles. The predicted octanol–water partition coefficient (Wildman–Crippen LogP) is 12.5. The van der Waals surface area contributed by atoms with Crippen LogP contribution >= 0.6 is 0 Å². The molecule has 242 valence electrons. The highest BCUT2D eigenvalue weighted by atomic mass is 16.3. The van der Waals surface area contributed by atoms with Crippen LogP contribution in [0.3, 0.4) is 0 Å². The van der Waals surface area contributed by atoms with Gasteiger partial charge in [0.05, 0.1) is 23.0 Å².